The van der Waals surface area contributed by atoms with Crippen LogP contribution in [0.3, 0.4) is 0 Å². The number of nitrogens with zero attached hydrogens (tertiary/aromatic N) is 1. The normalized spacial score (nSPS) is 23.2. The molecule has 0 bridgehead atoms. The number of methoxy groups -OCH3 is 1. The van der Waals surface area contributed by atoms with Gasteiger partial charge in [0.25, 0.3) is 0 Å². The number of benzene rings is 1. The van der Waals surface area contributed by atoms with Gasteiger partial charge in [-0.25, -0.2) is 0 Å². The van der Waals surface area contributed by atoms with E-state index in [1.54, 1.807) is 7.11 Å². The minimum Gasteiger partial charge on any atom is -0.384 e. The van der Waals surface area contributed by atoms with E-state index in [2.05, 4.69) is 28.4 Å². The van der Waals surface area contributed by atoms with Crippen molar-refractivity contribution in [3.05, 3.63) is 29.3 Å². The quantitative estimate of drug-likeness (QED) is 0.880. The molecule has 0 radical (unpaired) electrons. The van der Waals surface area contributed by atoms with Crippen molar-refractivity contribution in [1.82, 2.24) is 5.32 Å². The number of rotatable bonds is 3. The van der Waals surface area contributed by atoms with Crippen LogP contribution < -0.4 is 10.2 Å². The first-order chi connectivity index (χ1) is 8.88. The van der Waals surface area contributed by atoms with E-state index in [4.69, 9.17) is 4.74 Å². The maximum absolute atomic E-state index is 5.28. The van der Waals surface area contributed by atoms with Crippen LogP contribution in [-0.4, -0.2) is 33.4 Å². The van der Waals surface area contributed by atoms with Crippen molar-refractivity contribution in [3.63, 3.8) is 0 Å². The van der Waals surface area contributed by atoms with E-state index in [0.717, 1.165) is 26.2 Å². The van der Waals surface area contributed by atoms with Gasteiger partial charge in [-0.15, -0.1) is 0 Å². The van der Waals surface area contributed by atoms with Gasteiger partial charge in [-0.3, -0.25) is 0 Å². The molecule has 1 aromatic carbocycles. The predicted molar refractivity (Wildman–Crippen MR) is 74.0 cm³/mol. The molecule has 3 heteroatoms. The van der Waals surface area contributed by atoms with E-state index in [-0.39, 0.29) is 0 Å². The fourth-order valence-corrected chi connectivity index (χ4v) is 3.22. The summed E-state index contributed by atoms with van der Waals surface area (Å²) in [5.41, 5.74) is 4.49. The Bertz CT molecular complexity index is 419. The van der Waals surface area contributed by atoms with Crippen molar-refractivity contribution in [1.29, 1.82) is 0 Å². The molecule has 0 aromatic heterocycles. The molecular formula is C15H22N2O. The monoisotopic (exact) mass is 246 g/mol. The summed E-state index contributed by atoms with van der Waals surface area (Å²) in [5.74, 6) is 0.697. The summed E-state index contributed by atoms with van der Waals surface area (Å²) < 4.78 is 5.28. The summed E-state index contributed by atoms with van der Waals surface area (Å²) in [7, 11) is 1.80. The zero-order valence-electron chi connectivity index (χ0n) is 11.1. The highest BCUT2D eigenvalue weighted by Gasteiger charge is 2.25. The Balaban J connectivity index is 1.80. The molecule has 0 amide bonds. The Labute approximate surface area is 109 Å². The fourth-order valence-electron chi connectivity index (χ4n) is 3.22. The van der Waals surface area contributed by atoms with Crippen molar-refractivity contribution in [2.75, 3.05) is 38.3 Å². The van der Waals surface area contributed by atoms with E-state index < -0.39 is 0 Å². The van der Waals surface area contributed by atoms with Crippen LogP contribution in [0.5, 0.6) is 0 Å². The molecule has 1 atom stereocenters. The summed E-state index contributed by atoms with van der Waals surface area (Å²) in [5, 5.41) is 3.49. The number of fused-ring (bicyclic) bond motifs is 1. The lowest BCUT2D eigenvalue weighted by Crippen LogP contribution is -2.28. The van der Waals surface area contributed by atoms with Gasteiger partial charge in [-0.1, -0.05) is 12.1 Å². The van der Waals surface area contributed by atoms with Crippen LogP contribution in [-0.2, 0) is 17.7 Å². The highest BCUT2D eigenvalue weighted by Crippen LogP contribution is 2.30. The molecule has 18 heavy (non-hydrogen) atoms. The first kappa shape index (κ1) is 12.0. The lowest BCUT2D eigenvalue weighted by Gasteiger charge is -2.26. The van der Waals surface area contributed by atoms with Crippen molar-refractivity contribution >= 4 is 5.69 Å². The van der Waals surface area contributed by atoms with Crippen LogP contribution in [0, 0.1) is 5.92 Å². The van der Waals surface area contributed by atoms with E-state index in [1.807, 2.05) is 0 Å². The Hall–Kier alpha value is -1.06. The number of nitrogens with one attached hydrogen (secondary N) is 1. The van der Waals surface area contributed by atoms with Gasteiger partial charge < -0.3 is 15.0 Å². The van der Waals surface area contributed by atoms with Gasteiger partial charge in [0.2, 0.25) is 0 Å². The third-order valence-electron chi connectivity index (χ3n) is 4.15. The van der Waals surface area contributed by atoms with Gasteiger partial charge in [0.15, 0.2) is 0 Å². The van der Waals surface area contributed by atoms with Crippen LogP contribution in [0.1, 0.15) is 17.5 Å². The van der Waals surface area contributed by atoms with E-state index >= 15 is 0 Å². The molecular weight excluding hydrogens is 224 g/mol. The Morgan fingerprint density at radius 1 is 1.44 bits per heavy atom. The highest BCUT2D eigenvalue weighted by atomic mass is 16.5. The summed E-state index contributed by atoms with van der Waals surface area (Å²) in [6, 6.07) is 6.77. The van der Waals surface area contributed by atoms with E-state index in [1.165, 1.54) is 36.2 Å². The molecule has 0 spiro atoms. The lowest BCUT2D eigenvalue weighted by atomic mass is 9.99. The molecule has 2 heterocycles. The zero-order chi connectivity index (χ0) is 12.4. The molecule has 2 aliphatic heterocycles. The second kappa shape index (κ2) is 5.29. The van der Waals surface area contributed by atoms with Crippen LogP contribution in [0.4, 0.5) is 5.69 Å². The Morgan fingerprint density at radius 2 is 2.39 bits per heavy atom. The average molecular weight is 246 g/mol. The number of hydrogen-bond donors (Lipinski definition) is 1. The second-order valence-electron chi connectivity index (χ2n) is 5.40. The number of anilines is 1. The lowest BCUT2D eigenvalue weighted by molar-refractivity contribution is 0.161. The molecule has 1 saturated heterocycles. The maximum atomic E-state index is 5.28. The van der Waals surface area contributed by atoms with Gasteiger partial charge in [0, 0.05) is 38.3 Å². The maximum Gasteiger partial charge on any atom is 0.0508 e. The molecule has 98 valence electrons. The standard InChI is InChI=1S/C15H22N2O/c1-18-11-12-6-8-17(10-12)15-4-2-3-13-5-7-16-9-14(13)15/h2-4,12,16H,5-11H2,1H3. The van der Waals surface area contributed by atoms with Gasteiger partial charge in [0.1, 0.15) is 0 Å². The molecule has 1 unspecified atom stereocenters. The van der Waals surface area contributed by atoms with E-state index in [9.17, 15) is 0 Å². The van der Waals surface area contributed by atoms with Crippen molar-refractivity contribution in [2.24, 2.45) is 5.92 Å². The van der Waals surface area contributed by atoms with Gasteiger partial charge in [-0.2, -0.15) is 0 Å². The molecule has 0 saturated carbocycles. The molecule has 1 aromatic rings. The smallest absolute Gasteiger partial charge is 0.0508 e. The first-order valence-electron chi connectivity index (χ1n) is 6.94. The molecule has 1 N–H and O–H groups in total. The molecule has 0 aliphatic carbocycles. The zero-order valence-corrected chi connectivity index (χ0v) is 11.1. The third-order valence-corrected chi connectivity index (χ3v) is 4.15. The predicted octanol–water partition coefficient (Wildman–Crippen LogP) is 1.80. The molecule has 3 nitrogen and oxygen atoms in total. The van der Waals surface area contributed by atoms with Crippen LogP contribution in [0.25, 0.3) is 0 Å². The van der Waals surface area contributed by atoms with Gasteiger partial charge >= 0.3 is 0 Å². The minimum absolute atomic E-state index is 0.697. The average Bonchev–Trinajstić information content (AvgIpc) is 2.87. The van der Waals surface area contributed by atoms with Crippen LogP contribution >= 0.6 is 0 Å². The third kappa shape index (κ3) is 2.25. The Kier molecular flexibility index (Phi) is 3.52. The highest BCUT2D eigenvalue weighted by molar-refractivity contribution is 5.58. The molecule has 1 fully saturated rings. The minimum atomic E-state index is 0.697. The summed E-state index contributed by atoms with van der Waals surface area (Å²) in [6.07, 6.45) is 2.42. The first-order valence-corrected chi connectivity index (χ1v) is 6.94. The largest absolute Gasteiger partial charge is 0.384 e. The summed E-state index contributed by atoms with van der Waals surface area (Å²) in [4.78, 5) is 2.54. The van der Waals surface area contributed by atoms with Gasteiger partial charge in [-0.05, 0) is 36.6 Å². The van der Waals surface area contributed by atoms with Crippen LogP contribution in [0.15, 0.2) is 18.2 Å². The fraction of sp³-hybridized carbons (Fsp3) is 0.600. The van der Waals surface area contributed by atoms with Crippen molar-refractivity contribution < 1.29 is 4.74 Å². The van der Waals surface area contributed by atoms with Crippen LogP contribution in [0.2, 0.25) is 0 Å². The van der Waals surface area contributed by atoms with Gasteiger partial charge in [0.05, 0.1) is 6.61 Å². The Morgan fingerprint density at radius 3 is 3.28 bits per heavy atom. The number of ether oxygens (including phenoxy) is 1. The van der Waals surface area contributed by atoms with Crippen molar-refractivity contribution in [2.45, 2.75) is 19.4 Å². The summed E-state index contributed by atoms with van der Waals surface area (Å²) >= 11 is 0. The van der Waals surface area contributed by atoms with Crippen molar-refractivity contribution in [3.8, 4) is 0 Å². The van der Waals surface area contributed by atoms with E-state index in [0.29, 0.717) is 5.92 Å². The molecule has 3 rings (SSSR count). The number of hydrogen-bond acceptors (Lipinski definition) is 3. The topological polar surface area (TPSA) is 24.5 Å². The molecule has 2 aliphatic rings. The summed E-state index contributed by atoms with van der Waals surface area (Å²) in [6.45, 7) is 5.35. The second-order valence-corrected chi connectivity index (χ2v) is 5.40. The SMILES string of the molecule is COCC1CCN(c2cccc3c2CNCC3)C1.